The maximum absolute atomic E-state index is 12.3. The summed E-state index contributed by atoms with van der Waals surface area (Å²) < 4.78 is 0. The van der Waals surface area contributed by atoms with Crippen molar-refractivity contribution in [3.63, 3.8) is 0 Å². The molecule has 0 aromatic carbocycles. The molecule has 8 heteroatoms. The molecule has 22 heavy (non-hydrogen) atoms. The molecule has 1 aliphatic rings. The van der Waals surface area contributed by atoms with Crippen LogP contribution in [0.2, 0.25) is 0 Å². The number of thiazole rings is 1. The Morgan fingerprint density at radius 3 is 2.91 bits per heavy atom. The van der Waals surface area contributed by atoms with Crippen LogP contribution in [0, 0.1) is 0 Å². The van der Waals surface area contributed by atoms with Crippen LogP contribution in [0.3, 0.4) is 0 Å². The van der Waals surface area contributed by atoms with Crippen molar-refractivity contribution in [3.05, 3.63) is 28.6 Å². The average Bonchev–Trinajstić information content (AvgIpc) is 3.19. The number of hydrogen-bond donors (Lipinski definition) is 1. The average molecular weight is 380 g/mol. The molecule has 0 spiro atoms. The van der Waals surface area contributed by atoms with Crippen LogP contribution >= 0.6 is 47.5 Å². The van der Waals surface area contributed by atoms with Gasteiger partial charge in [0.15, 0.2) is 0 Å². The van der Waals surface area contributed by atoms with Gasteiger partial charge < -0.3 is 10.2 Å². The number of amides is 1. The fourth-order valence-corrected chi connectivity index (χ4v) is 3.99. The minimum absolute atomic E-state index is 0. The molecule has 0 aliphatic carbocycles. The van der Waals surface area contributed by atoms with E-state index in [0.717, 1.165) is 30.2 Å². The minimum Gasteiger partial charge on any atom is -0.341 e. The largest absolute Gasteiger partial charge is 0.341 e. The van der Waals surface area contributed by atoms with E-state index >= 15 is 0 Å². The summed E-state index contributed by atoms with van der Waals surface area (Å²) in [6, 6.07) is 4.41. The molecular formula is C14H19Cl2N3OS2. The first-order valence-electron chi connectivity index (χ1n) is 6.68. The minimum atomic E-state index is 0. The number of carbonyl (C=O) groups excluding carboxylic acids is 1. The van der Waals surface area contributed by atoms with Gasteiger partial charge in [0.05, 0.1) is 17.0 Å². The lowest BCUT2D eigenvalue weighted by Gasteiger charge is -2.23. The van der Waals surface area contributed by atoms with Gasteiger partial charge >= 0.3 is 0 Å². The van der Waals surface area contributed by atoms with Gasteiger partial charge in [-0.2, -0.15) is 0 Å². The molecule has 1 atom stereocenters. The normalized spacial score (nSPS) is 16.7. The Bertz CT molecular complexity index is 583. The van der Waals surface area contributed by atoms with Crippen molar-refractivity contribution in [2.24, 2.45) is 0 Å². The molecule has 1 amide bonds. The molecule has 2 aromatic heterocycles. The number of aromatic nitrogens is 1. The van der Waals surface area contributed by atoms with Crippen LogP contribution in [0.25, 0.3) is 9.88 Å². The van der Waals surface area contributed by atoms with Gasteiger partial charge in [0.1, 0.15) is 5.01 Å². The summed E-state index contributed by atoms with van der Waals surface area (Å²) in [5.41, 5.74) is 0.876. The highest BCUT2D eigenvalue weighted by Crippen LogP contribution is 2.28. The van der Waals surface area contributed by atoms with E-state index in [2.05, 4.69) is 16.4 Å². The number of halogens is 2. The molecule has 1 aliphatic heterocycles. The summed E-state index contributed by atoms with van der Waals surface area (Å²) in [4.78, 5) is 19.9. The molecular weight excluding hydrogens is 361 g/mol. The fraction of sp³-hybridized carbons (Fsp3) is 0.429. The van der Waals surface area contributed by atoms with Gasteiger partial charge in [-0.3, -0.25) is 4.79 Å². The zero-order valence-corrected chi connectivity index (χ0v) is 15.4. The second-order valence-corrected chi connectivity index (χ2v) is 6.76. The summed E-state index contributed by atoms with van der Waals surface area (Å²) in [7, 11) is 1.90. The Kier molecular flexibility index (Phi) is 7.79. The van der Waals surface area contributed by atoms with Crippen molar-refractivity contribution in [3.8, 4) is 9.88 Å². The van der Waals surface area contributed by atoms with Gasteiger partial charge in [0.25, 0.3) is 0 Å². The number of nitrogens with one attached hydrogen (secondary N) is 1. The second-order valence-electron chi connectivity index (χ2n) is 4.95. The topological polar surface area (TPSA) is 45.2 Å². The third-order valence-electron chi connectivity index (χ3n) is 3.59. The van der Waals surface area contributed by atoms with E-state index in [1.807, 2.05) is 28.8 Å². The highest BCUT2D eigenvalue weighted by Gasteiger charge is 2.23. The fourth-order valence-electron chi connectivity index (χ4n) is 2.35. The Hall–Kier alpha value is -0.660. The van der Waals surface area contributed by atoms with Crippen molar-refractivity contribution in [2.45, 2.75) is 18.9 Å². The van der Waals surface area contributed by atoms with Crippen LogP contribution in [0.15, 0.2) is 22.9 Å². The van der Waals surface area contributed by atoms with Gasteiger partial charge in [-0.05, 0) is 24.4 Å². The maximum Gasteiger partial charge on any atom is 0.228 e. The molecule has 0 radical (unpaired) electrons. The van der Waals surface area contributed by atoms with Crippen LogP contribution in [0.5, 0.6) is 0 Å². The lowest BCUT2D eigenvalue weighted by Crippen LogP contribution is -2.39. The summed E-state index contributed by atoms with van der Waals surface area (Å²) in [5, 5.41) is 8.33. The number of thiophene rings is 1. The Labute approximate surface area is 150 Å². The smallest absolute Gasteiger partial charge is 0.228 e. The molecule has 0 bridgehead atoms. The van der Waals surface area contributed by atoms with Crippen molar-refractivity contribution >= 4 is 53.4 Å². The first-order chi connectivity index (χ1) is 9.74. The zero-order chi connectivity index (χ0) is 13.9. The summed E-state index contributed by atoms with van der Waals surface area (Å²) in [5.74, 6) is 0.154. The predicted octanol–water partition coefficient (Wildman–Crippen LogP) is 3.08. The maximum atomic E-state index is 12.3. The van der Waals surface area contributed by atoms with Crippen LogP contribution in [0.1, 0.15) is 12.1 Å². The monoisotopic (exact) mass is 379 g/mol. The predicted molar refractivity (Wildman–Crippen MR) is 97.7 cm³/mol. The zero-order valence-electron chi connectivity index (χ0n) is 12.2. The SMILES string of the molecule is CN(C(=O)Cc1csc(-c2cccs2)n1)C1CCNC1.Cl.Cl. The van der Waals surface area contributed by atoms with E-state index in [-0.39, 0.29) is 30.7 Å². The standard InChI is InChI=1S/C14H17N3OS2.2ClH/c1-17(11-4-5-15-8-11)13(18)7-10-9-20-14(16-10)12-3-2-6-19-12;;/h2-3,6,9,11,15H,4-5,7-8H2,1H3;2*1H. The Morgan fingerprint density at radius 1 is 1.45 bits per heavy atom. The van der Waals surface area contributed by atoms with E-state index < -0.39 is 0 Å². The van der Waals surface area contributed by atoms with Crippen LogP contribution in [0.4, 0.5) is 0 Å². The molecule has 0 saturated carbocycles. The van der Waals surface area contributed by atoms with Gasteiger partial charge in [0, 0.05) is 25.0 Å². The van der Waals surface area contributed by atoms with Crippen LogP contribution in [-0.2, 0) is 11.2 Å². The molecule has 1 saturated heterocycles. The highest BCUT2D eigenvalue weighted by atomic mass is 35.5. The lowest BCUT2D eigenvalue weighted by molar-refractivity contribution is -0.130. The van der Waals surface area contributed by atoms with E-state index in [1.54, 1.807) is 22.7 Å². The van der Waals surface area contributed by atoms with Crippen molar-refractivity contribution in [1.29, 1.82) is 0 Å². The van der Waals surface area contributed by atoms with Crippen molar-refractivity contribution in [2.75, 3.05) is 20.1 Å². The third-order valence-corrected chi connectivity index (χ3v) is 5.52. The summed E-state index contributed by atoms with van der Waals surface area (Å²) in [6.07, 6.45) is 1.44. The Balaban J connectivity index is 0.00000121. The van der Waals surface area contributed by atoms with Crippen LogP contribution in [-0.4, -0.2) is 42.0 Å². The lowest BCUT2D eigenvalue weighted by atomic mass is 10.2. The molecule has 1 unspecified atom stereocenters. The molecule has 4 nitrogen and oxygen atoms in total. The molecule has 2 aromatic rings. The molecule has 3 rings (SSSR count). The molecule has 122 valence electrons. The highest BCUT2D eigenvalue weighted by molar-refractivity contribution is 7.20. The molecule has 1 fully saturated rings. The van der Waals surface area contributed by atoms with Crippen LogP contribution < -0.4 is 5.32 Å². The van der Waals surface area contributed by atoms with E-state index in [1.165, 1.54) is 4.88 Å². The van der Waals surface area contributed by atoms with Gasteiger partial charge in [-0.15, -0.1) is 47.5 Å². The summed E-state index contributed by atoms with van der Waals surface area (Å²) >= 11 is 3.29. The first kappa shape index (κ1) is 19.4. The molecule has 1 N–H and O–H groups in total. The van der Waals surface area contributed by atoms with E-state index in [4.69, 9.17) is 0 Å². The number of hydrogen-bond acceptors (Lipinski definition) is 5. The Morgan fingerprint density at radius 2 is 2.27 bits per heavy atom. The number of carbonyl (C=O) groups is 1. The summed E-state index contributed by atoms with van der Waals surface area (Å²) in [6.45, 7) is 1.90. The third kappa shape index (κ3) is 4.43. The van der Waals surface area contributed by atoms with Crippen molar-refractivity contribution in [1.82, 2.24) is 15.2 Å². The quantitative estimate of drug-likeness (QED) is 0.887. The van der Waals surface area contributed by atoms with E-state index in [9.17, 15) is 4.79 Å². The van der Waals surface area contributed by atoms with E-state index in [0.29, 0.717) is 12.5 Å². The number of likely N-dealkylation sites (N-methyl/N-ethyl adjacent to an activating group) is 1. The molecule has 3 heterocycles. The van der Waals surface area contributed by atoms with Gasteiger partial charge in [-0.1, -0.05) is 6.07 Å². The number of nitrogens with zero attached hydrogens (tertiary/aromatic N) is 2. The second kappa shape index (κ2) is 8.84. The van der Waals surface area contributed by atoms with Gasteiger partial charge in [-0.25, -0.2) is 4.98 Å². The first-order valence-corrected chi connectivity index (χ1v) is 8.44. The van der Waals surface area contributed by atoms with Crippen molar-refractivity contribution < 1.29 is 4.79 Å². The number of rotatable bonds is 4. The van der Waals surface area contributed by atoms with Gasteiger partial charge in [0.2, 0.25) is 5.91 Å².